The Kier molecular flexibility index (Phi) is 3.76. The second-order valence-electron chi connectivity index (χ2n) is 3.67. The first-order valence-corrected chi connectivity index (χ1v) is 5.57. The Hall–Kier alpha value is -2.01. The second kappa shape index (κ2) is 5.32. The van der Waals surface area contributed by atoms with Gasteiger partial charge in [0.25, 0.3) is 5.91 Å². The molecule has 0 radical (unpaired) electrons. The predicted molar refractivity (Wildman–Crippen MR) is 65.7 cm³/mol. The Labute approximate surface area is 111 Å². The van der Waals surface area contributed by atoms with Gasteiger partial charge in [0.15, 0.2) is 0 Å². The van der Waals surface area contributed by atoms with Gasteiger partial charge in [-0.2, -0.15) is 0 Å². The summed E-state index contributed by atoms with van der Waals surface area (Å²) in [7, 11) is 0. The van der Waals surface area contributed by atoms with Crippen molar-refractivity contribution in [1.29, 1.82) is 0 Å². The largest absolute Gasteiger partial charge is 0.317 e. The summed E-state index contributed by atoms with van der Waals surface area (Å²) in [5.74, 6) is -3.26. The van der Waals surface area contributed by atoms with E-state index in [0.717, 1.165) is 30.3 Å². The molecule has 0 fully saturated rings. The van der Waals surface area contributed by atoms with Crippen LogP contribution in [0.15, 0.2) is 36.4 Å². The molecule has 2 aromatic rings. The molecule has 0 bridgehead atoms. The van der Waals surface area contributed by atoms with Crippen LogP contribution in [0, 0.1) is 17.5 Å². The summed E-state index contributed by atoms with van der Waals surface area (Å²) in [6, 6.07) is 6.28. The minimum absolute atomic E-state index is 0.0780. The van der Waals surface area contributed by atoms with Gasteiger partial charge in [-0.25, -0.2) is 13.2 Å². The fraction of sp³-hybridized carbons (Fsp3) is 0. The van der Waals surface area contributed by atoms with E-state index in [1.165, 1.54) is 6.07 Å². The van der Waals surface area contributed by atoms with Crippen LogP contribution in [0.5, 0.6) is 0 Å². The lowest BCUT2D eigenvalue weighted by atomic mass is 10.2. The van der Waals surface area contributed by atoms with Gasteiger partial charge in [-0.15, -0.1) is 0 Å². The van der Waals surface area contributed by atoms with Crippen molar-refractivity contribution in [2.75, 3.05) is 5.32 Å². The minimum Gasteiger partial charge on any atom is -0.317 e. The molecule has 0 aliphatic rings. The maximum Gasteiger partial charge on any atom is 0.257 e. The van der Waals surface area contributed by atoms with Gasteiger partial charge in [0, 0.05) is 0 Å². The van der Waals surface area contributed by atoms with Gasteiger partial charge in [-0.3, -0.25) is 4.79 Å². The van der Waals surface area contributed by atoms with Crippen LogP contribution in [0.3, 0.4) is 0 Å². The van der Waals surface area contributed by atoms with Crippen molar-refractivity contribution >= 4 is 23.2 Å². The minimum atomic E-state index is -0.911. The average molecular weight is 286 g/mol. The summed E-state index contributed by atoms with van der Waals surface area (Å²) < 4.78 is 39.5. The molecule has 0 aliphatic heterocycles. The highest BCUT2D eigenvalue weighted by Crippen LogP contribution is 2.22. The summed E-state index contributed by atoms with van der Waals surface area (Å²) in [5, 5.41) is 1.92. The fourth-order valence-electron chi connectivity index (χ4n) is 1.47. The molecule has 0 atom stereocenters. The fourth-order valence-corrected chi connectivity index (χ4v) is 1.72. The van der Waals surface area contributed by atoms with Gasteiger partial charge in [-0.1, -0.05) is 17.7 Å². The quantitative estimate of drug-likeness (QED) is 0.887. The Morgan fingerprint density at radius 2 is 1.68 bits per heavy atom. The van der Waals surface area contributed by atoms with Crippen LogP contribution in [0.2, 0.25) is 5.02 Å². The highest BCUT2D eigenvalue weighted by atomic mass is 35.5. The molecule has 2 nitrogen and oxygen atoms in total. The summed E-state index contributed by atoms with van der Waals surface area (Å²) in [5.41, 5.74) is -0.654. The lowest BCUT2D eigenvalue weighted by Gasteiger charge is -2.08. The maximum absolute atomic E-state index is 13.3. The van der Waals surface area contributed by atoms with Crippen LogP contribution in [0.4, 0.5) is 18.9 Å². The summed E-state index contributed by atoms with van der Waals surface area (Å²) in [6.45, 7) is 0. The third-order valence-electron chi connectivity index (χ3n) is 2.38. The van der Waals surface area contributed by atoms with Crippen molar-refractivity contribution in [2.45, 2.75) is 0 Å². The number of anilines is 1. The Bertz CT molecular complexity index is 626. The van der Waals surface area contributed by atoms with Gasteiger partial charge >= 0.3 is 0 Å². The molecule has 0 heterocycles. The highest BCUT2D eigenvalue weighted by Gasteiger charge is 2.15. The predicted octanol–water partition coefficient (Wildman–Crippen LogP) is 4.01. The van der Waals surface area contributed by atoms with Crippen LogP contribution in [-0.4, -0.2) is 5.91 Å². The molecule has 2 aromatic carbocycles. The van der Waals surface area contributed by atoms with Gasteiger partial charge < -0.3 is 5.32 Å². The maximum atomic E-state index is 13.3. The third-order valence-corrected chi connectivity index (χ3v) is 2.69. The number of nitrogens with one attached hydrogen (secondary N) is 1. The Morgan fingerprint density at radius 1 is 1.05 bits per heavy atom. The van der Waals surface area contributed by atoms with Crippen molar-refractivity contribution in [3.05, 3.63) is 64.4 Å². The molecule has 0 saturated carbocycles. The number of carbonyl (C=O) groups excluding carboxylic acids is 1. The van der Waals surface area contributed by atoms with Crippen molar-refractivity contribution in [2.24, 2.45) is 0 Å². The van der Waals surface area contributed by atoms with Crippen LogP contribution in [-0.2, 0) is 0 Å². The molecular formula is C13H7ClF3NO. The molecule has 0 unspecified atom stereocenters. The molecule has 0 aromatic heterocycles. The van der Waals surface area contributed by atoms with Crippen LogP contribution >= 0.6 is 11.6 Å². The van der Waals surface area contributed by atoms with Crippen molar-refractivity contribution < 1.29 is 18.0 Å². The molecule has 19 heavy (non-hydrogen) atoms. The van der Waals surface area contributed by atoms with E-state index in [9.17, 15) is 18.0 Å². The molecule has 98 valence electrons. The van der Waals surface area contributed by atoms with Gasteiger partial charge in [0.2, 0.25) is 0 Å². The second-order valence-corrected chi connectivity index (χ2v) is 4.08. The molecule has 6 heteroatoms. The number of hydrogen-bond donors (Lipinski definition) is 1. The summed E-state index contributed by atoms with van der Waals surface area (Å²) in [6.07, 6.45) is 0. The van der Waals surface area contributed by atoms with E-state index in [2.05, 4.69) is 5.32 Å². The van der Waals surface area contributed by atoms with E-state index < -0.39 is 29.0 Å². The molecule has 0 aliphatic carbocycles. The summed E-state index contributed by atoms with van der Waals surface area (Å²) >= 11 is 5.68. The number of amides is 1. The van der Waals surface area contributed by atoms with Crippen molar-refractivity contribution in [1.82, 2.24) is 0 Å². The molecule has 0 spiro atoms. The van der Waals surface area contributed by atoms with Gasteiger partial charge in [0.05, 0.1) is 10.6 Å². The number of halogens is 4. The number of rotatable bonds is 2. The highest BCUT2D eigenvalue weighted by molar-refractivity contribution is 6.34. The number of hydrogen-bond acceptors (Lipinski definition) is 1. The molecule has 1 N–H and O–H groups in total. The number of para-hydroxylation sites is 1. The lowest BCUT2D eigenvalue weighted by Crippen LogP contribution is -2.14. The number of carbonyl (C=O) groups is 1. The van der Waals surface area contributed by atoms with Crippen LogP contribution in [0.25, 0.3) is 0 Å². The van der Waals surface area contributed by atoms with Crippen molar-refractivity contribution in [3.63, 3.8) is 0 Å². The SMILES string of the molecule is O=C(Nc1c(F)cccc1F)c1ccc(F)cc1Cl. The molecular weight excluding hydrogens is 279 g/mol. The third kappa shape index (κ3) is 2.88. The molecule has 2 rings (SSSR count). The average Bonchev–Trinajstić information content (AvgIpc) is 2.33. The topological polar surface area (TPSA) is 29.1 Å². The first-order chi connectivity index (χ1) is 8.99. The number of benzene rings is 2. The standard InChI is InChI=1S/C13H7ClF3NO/c14-9-6-7(15)4-5-8(9)13(19)18-12-10(16)2-1-3-11(12)17/h1-6H,(H,18,19). The van der Waals surface area contributed by atoms with E-state index in [1.54, 1.807) is 0 Å². The molecule has 0 saturated heterocycles. The lowest BCUT2D eigenvalue weighted by molar-refractivity contribution is 0.102. The van der Waals surface area contributed by atoms with Gasteiger partial charge in [0.1, 0.15) is 23.1 Å². The van der Waals surface area contributed by atoms with Crippen molar-refractivity contribution in [3.8, 4) is 0 Å². The van der Waals surface area contributed by atoms with E-state index >= 15 is 0 Å². The smallest absolute Gasteiger partial charge is 0.257 e. The monoisotopic (exact) mass is 285 g/mol. The summed E-state index contributed by atoms with van der Waals surface area (Å²) in [4.78, 5) is 11.8. The first kappa shape index (κ1) is 13.4. The normalized spacial score (nSPS) is 10.3. The zero-order valence-electron chi connectivity index (χ0n) is 9.38. The van der Waals surface area contributed by atoms with E-state index in [-0.39, 0.29) is 10.6 Å². The van der Waals surface area contributed by atoms with Gasteiger partial charge in [-0.05, 0) is 30.3 Å². The van der Waals surface area contributed by atoms with E-state index in [0.29, 0.717) is 0 Å². The molecule has 1 amide bonds. The van der Waals surface area contributed by atoms with E-state index in [4.69, 9.17) is 11.6 Å². The first-order valence-electron chi connectivity index (χ1n) is 5.19. The van der Waals surface area contributed by atoms with Crippen LogP contribution < -0.4 is 5.32 Å². The Balaban J connectivity index is 2.31. The zero-order chi connectivity index (χ0) is 14.0. The Morgan fingerprint density at radius 3 is 2.26 bits per heavy atom. The van der Waals surface area contributed by atoms with Crippen LogP contribution in [0.1, 0.15) is 10.4 Å². The van der Waals surface area contributed by atoms with E-state index in [1.807, 2.05) is 0 Å². The zero-order valence-corrected chi connectivity index (χ0v) is 10.1.